The fraction of sp³-hybridized carbons (Fsp3) is 0.643. The predicted octanol–water partition coefficient (Wildman–Crippen LogP) is 5.78. The summed E-state index contributed by atoms with van der Waals surface area (Å²) in [6, 6.07) is 4.35. The Hall–Kier alpha value is -2.24. The van der Waals surface area contributed by atoms with Crippen LogP contribution in [0.1, 0.15) is 87.5 Å². The quantitative estimate of drug-likeness (QED) is 0.444. The molecular weight excluding hydrogens is 529 g/mol. The van der Waals surface area contributed by atoms with Crippen LogP contribution in [0.15, 0.2) is 23.1 Å². The van der Waals surface area contributed by atoms with Gasteiger partial charge in [0.15, 0.2) is 5.69 Å². The minimum absolute atomic E-state index is 0.00432. The van der Waals surface area contributed by atoms with Gasteiger partial charge in [-0.3, -0.25) is 4.79 Å². The number of hydrogen-bond donors (Lipinski definition) is 2. The highest BCUT2D eigenvalue weighted by Crippen LogP contribution is 2.36. The molecule has 216 valence electrons. The minimum Gasteiger partial charge on any atom is -0.381 e. The van der Waals surface area contributed by atoms with Crippen LogP contribution in [0.5, 0.6) is 0 Å². The molecule has 0 aromatic carbocycles. The number of pyridine rings is 1. The number of aromatic nitrogens is 2. The third-order valence-corrected chi connectivity index (χ3v) is 8.85. The predicted molar refractivity (Wildman–Crippen MR) is 145 cm³/mol. The fourth-order valence-electron chi connectivity index (χ4n) is 5.33. The van der Waals surface area contributed by atoms with Gasteiger partial charge >= 0.3 is 6.18 Å². The summed E-state index contributed by atoms with van der Waals surface area (Å²) in [7, 11) is -2.11. The van der Waals surface area contributed by atoms with E-state index >= 15 is 0 Å². The van der Waals surface area contributed by atoms with Gasteiger partial charge in [0, 0.05) is 37.0 Å². The van der Waals surface area contributed by atoms with E-state index in [9.17, 15) is 22.2 Å². The van der Waals surface area contributed by atoms with Crippen molar-refractivity contribution in [2.75, 3.05) is 13.2 Å². The Morgan fingerprint density at radius 1 is 1.10 bits per heavy atom. The second-order valence-electron chi connectivity index (χ2n) is 11.7. The minimum atomic E-state index is -4.81. The molecule has 3 heterocycles. The van der Waals surface area contributed by atoms with Crippen molar-refractivity contribution >= 4 is 16.9 Å². The van der Waals surface area contributed by atoms with Gasteiger partial charge < -0.3 is 14.6 Å². The molecule has 7 nitrogen and oxygen atoms in total. The van der Waals surface area contributed by atoms with E-state index in [0.717, 1.165) is 38.5 Å². The number of nitrogens with one attached hydrogen (secondary N) is 2. The first kappa shape index (κ1) is 29.7. The zero-order chi connectivity index (χ0) is 28.4. The first-order valence-corrected chi connectivity index (χ1v) is 14.9. The number of alkyl halides is 3. The van der Waals surface area contributed by atoms with Gasteiger partial charge in [0.05, 0.1) is 21.8 Å². The topological polar surface area (TPSA) is 85.2 Å². The Labute approximate surface area is 230 Å². The summed E-state index contributed by atoms with van der Waals surface area (Å²) in [5.41, 5.74) is -0.149. The van der Waals surface area contributed by atoms with E-state index in [1.54, 1.807) is 26.8 Å². The highest BCUT2D eigenvalue weighted by atomic mass is 32.2. The maximum Gasteiger partial charge on any atom is 0.434 e. The van der Waals surface area contributed by atoms with Crippen molar-refractivity contribution in [3.63, 3.8) is 0 Å². The molecule has 1 amide bonds. The van der Waals surface area contributed by atoms with E-state index in [1.165, 1.54) is 18.6 Å². The standard InChI is InChI=1S/C28H39F3N4O3S/c1-18-21(26(36)32-20-12-14-38-15-13-20)16-23(35(18)17-19-8-6-5-7-9-19)22-10-11-24(25(33-22)28(29,30)31)39(37)34-27(2,3)4/h10-11,16,19-20,34H,5-9,12-15,17H2,1-4H3,(H,32,36). The van der Waals surface area contributed by atoms with Crippen molar-refractivity contribution in [1.82, 2.24) is 19.6 Å². The van der Waals surface area contributed by atoms with E-state index in [-0.39, 0.29) is 17.6 Å². The van der Waals surface area contributed by atoms with Crippen LogP contribution >= 0.6 is 0 Å². The molecule has 2 aromatic heterocycles. The lowest BCUT2D eigenvalue weighted by Gasteiger charge is -2.25. The number of carbonyl (C=O) groups is 1. The smallest absolute Gasteiger partial charge is 0.381 e. The number of rotatable bonds is 7. The van der Waals surface area contributed by atoms with Gasteiger partial charge in [-0.05, 0) is 77.5 Å². The molecule has 4 rings (SSSR count). The molecule has 0 bridgehead atoms. The van der Waals surface area contributed by atoms with Gasteiger partial charge in [-0.15, -0.1) is 0 Å². The van der Waals surface area contributed by atoms with Gasteiger partial charge in [-0.1, -0.05) is 19.3 Å². The van der Waals surface area contributed by atoms with Crippen molar-refractivity contribution in [2.45, 2.75) is 102 Å². The highest BCUT2D eigenvalue weighted by molar-refractivity contribution is 7.83. The number of halogens is 3. The third kappa shape index (κ3) is 7.49. The Morgan fingerprint density at radius 2 is 1.77 bits per heavy atom. The first-order valence-electron chi connectivity index (χ1n) is 13.7. The number of carbonyl (C=O) groups excluding carboxylic acids is 1. The molecule has 1 atom stereocenters. The molecule has 1 aliphatic heterocycles. The van der Waals surface area contributed by atoms with Gasteiger partial charge in [0.25, 0.3) is 5.91 Å². The van der Waals surface area contributed by atoms with Crippen molar-refractivity contribution in [3.8, 4) is 11.4 Å². The molecule has 2 aromatic rings. The second-order valence-corrected chi connectivity index (χ2v) is 12.8. The summed E-state index contributed by atoms with van der Waals surface area (Å²) in [5, 5.41) is 3.07. The van der Waals surface area contributed by atoms with E-state index in [0.29, 0.717) is 42.6 Å². The molecule has 1 saturated carbocycles. The van der Waals surface area contributed by atoms with Crippen LogP contribution in [0.4, 0.5) is 13.2 Å². The Morgan fingerprint density at radius 3 is 2.38 bits per heavy atom. The van der Waals surface area contributed by atoms with Crippen molar-refractivity contribution < 1.29 is 26.9 Å². The molecule has 2 fully saturated rings. The van der Waals surface area contributed by atoms with Crippen LogP contribution in [-0.2, 0) is 28.4 Å². The van der Waals surface area contributed by atoms with E-state index in [1.807, 2.05) is 11.5 Å². The molecular formula is C28H39F3N4O3S. The zero-order valence-electron chi connectivity index (χ0n) is 23.1. The number of ether oxygens (including phenoxy) is 1. The summed E-state index contributed by atoms with van der Waals surface area (Å²) < 4.78 is 65.4. The zero-order valence-corrected chi connectivity index (χ0v) is 23.9. The first-order chi connectivity index (χ1) is 18.3. The highest BCUT2D eigenvalue weighted by Gasteiger charge is 2.38. The molecule has 11 heteroatoms. The lowest BCUT2D eigenvalue weighted by atomic mass is 9.89. The van der Waals surface area contributed by atoms with Crippen LogP contribution in [0.2, 0.25) is 0 Å². The second kappa shape index (κ2) is 12.1. The monoisotopic (exact) mass is 568 g/mol. The van der Waals surface area contributed by atoms with E-state index < -0.39 is 33.3 Å². The molecule has 1 aliphatic carbocycles. The molecule has 2 aliphatic rings. The average molecular weight is 569 g/mol. The van der Waals surface area contributed by atoms with Crippen molar-refractivity contribution in [2.24, 2.45) is 5.92 Å². The van der Waals surface area contributed by atoms with Crippen LogP contribution in [0.25, 0.3) is 11.4 Å². The normalized spacial score (nSPS) is 18.7. The van der Waals surface area contributed by atoms with Crippen LogP contribution in [-0.4, -0.2) is 44.5 Å². The molecule has 1 saturated heterocycles. The molecule has 1 unspecified atom stereocenters. The lowest BCUT2D eigenvalue weighted by Crippen LogP contribution is -2.39. The SMILES string of the molecule is Cc1c(C(=O)NC2CCOCC2)cc(-c2ccc(S(=O)NC(C)(C)C)c(C(F)(F)F)n2)n1CC1CCCCC1. The van der Waals surface area contributed by atoms with Gasteiger partial charge in [0.1, 0.15) is 11.0 Å². The molecule has 39 heavy (non-hydrogen) atoms. The van der Waals surface area contributed by atoms with Crippen LogP contribution in [0, 0.1) is 12.8 Å². The number of hydrogen-bond acceptors (Lipinski definition) is 4. The van der Waals surface area contributed by atoms with Gasteiger partial charge in [0.2, 0.25) is 0 Å². The fourth-order valence-corrected chi connectivity index (χ4v) is 6.53. The van der Waals surface area contributed by atoms with Gasteiger partial charge in [-0.25, -0.2) is 13.9 Å². The van der Waals surface area contributed by atoms with E-state index in [2.05, 4.69) is 15.0 Å². The third-order valence-electron chi connectivity index (χ3n) is 7.32. The number of nitrogens with zero attached hydrogens (tertiary/aromatic N) is 2. The summed E-state index contributed by atoms with van der Waals surface area (Å²) in [6.07, 6.45) is 2.14. The Balaban J connectivity index is 1.75. The number of amides is 1. The Bertz CT molecular complexity index is 1190. The summed E-state index contributed by atoms with van der Waals surface area (Å²) >= 11 is 0. The van der Waals surface area contributed by atoms with Gasteiger partial charge in [-0.2, -0.15) is 13.2 Å². The maximum atomic E-state index is 14.2. The summed E-state index contributed by atoms with van der Waals surface area (Å²) in [6.45, 7) is 8.80. The Kier molecular flexibility index (Phi) is 9.22. The molecule has 2 N–H and O–H groups in total. The largest absolute Gasteiger partial charge is 0.434 e. The summed E-state index contributed by atoms with van der Waals surface area (Å²) in [5.74, 6) is 0.131. The van der Waals surface area contributed by atoms with Crippen LogP contribution < -0.4 is 10.0 Å². The van der Waals surface area contributed by atoms with E-state index in [4.69, 9.17) is 4.74 Å². The maximum absolute atomic E-state index is 14.2. The lowest BCUT2D eigenvalue weighted by molar-refractivity contribution is -0.143. The molecule has 0 radical (unpaired) electrons. The molecule has 0 spiro atoms. The average Bonchev–Trinajstić information content (AvgIpc) is 3.19. The van der Waals surface area contributed by atoms with Crippen molar-refractivity contribution in [1.29, 1.82) is 0 Å². The van der Waals surface area contributed by atoms with Crippen LogP contribution in [0.3, 0.4) is 0 Å². The summed E-state index contributed by atoms with van der Waals surface area (Å²) in [4.78, 5) is 16.9. The van der Waals surface area contributed by atoms with Crippen molar-refractivity contribution in [3.05, 3.63) is 35.2 Å².